The third kappa shape index (κ3) is 6.00. The Morgan fingerprint density at radius 1 is 0.774 bits per heavy atom. The van der Waals surface area contributed by atoms with Crippen LogP contribution in [0.5, 0.6) is 5.75 Å². The zero-order chi connectivity index (χ0) is 21.3. The molecule has 0 aliphatic heterocycles. The number of benzene rings is 2. The molecule has 4 rings (SSSR count). The topological polar surface area (TPSA) is 34.7 Å². The lowest BCUT2D eigenvalue weighted by Crippen LogP contribution is -2.13. The highest BCUT2D eigenvalue weighted by atomic mass is 16.5. The summed E-state index contributed by atoms with van der Waals surface area (Å²) in [7, 11) is 1.71. The summed E-state index contributed by atoms with van der Waals surface area (Å²) in [6.45, 7) is 0. The number of fused-ring (bicyclic) bond motifs is 1. The van der Waals surface area contributed by atoms with Gasteiger partial charge in [-0.3, -0.25) is 4.99 Å². The van der Waals surface area contributed by atoms with Gasteiger partial charge in [0.05, 0.1) is 18.5 Å². The Balaban J connectivity index is 1.73. The zero-order valence-electron chi connectivity index (χ0n) is 18.8. The number of rotatable bonds is 3. The molecule has 0 unspecified atom stereocenters. The second-order valence-corrected chi connectivity index (χ2v) is 8.77. The number of methoxy groups -OCH3 is 1. The number of hydrogen-bond donors (Lipinski definition) is 0. The summed E-state index contributed by atoms with van der Waals surface area (Å²) in [5.74, 6) is 1.70. The van der Waals surface area contributed by atoms with E-state index in [1.807, 2.05) is 30.3 Å². The third-order valence-corrected chi connectivity index (χ3v) is 6.41. The molecule has 0 amide bonds. The van der Waals surface area contributed by atoms with Crippen molar-refractivity contribution in [3.8, 4) is 17.1 Å². The van der Waals surface area contributed by atoms with Crippen molar-refractivity contribution in [2.24, 2.45) is 4.99 Å². The SMILES string of the molecule is COc1ccc2oc(-c3ccccc3)cc(=NC3CCCCCCCCCCC3)c2c1. The Morgan fingerprint density at radius 2 is 1.42 bits per heavy atom. The molecule has 1 heterocycles. The summed E-state index contributed by atoms with van der Waals surface area (Å²) in [5, 5.41) is 2.06. The molecule has 0 saturated heterocycles. The van der Waals surface area contributed by atoms with Crippen LogP contribution in [0.25, 0.3) is 22.3 Å². The lowest BCUT2D eigenvalue weighted by Gasteiger charge is -2.15. The van der Waals surface area contributed by atoms with Gasteiger partial charge in [-0.15, -0.1) is 0 Å². The van der Waals surface area contributed by atoms with Crippen LogP contribution in [0.3, 0.4) is 0 Å². The largest absolute Gasteiger partial charge is 0.497 e. The highest BCUT2D eigenvalue weighted by Crippen LogP contribution is 2.25. The van der Waals surface area contributed by atoms with Crippen LogP contribution in [0.4, 0.5) is 0 Å². The van der Waals surface area contributed by atoms with Crippen molar-refractivity contribution in [1.29, 1.82) is 0 Å². The van der Waals surface area contributed by atoms with Crippen LogP contribution in [-0.2, 0) is 0 Å². The molecular weight excluding hydrogens is 382 g/mol. The molecule has 0 radical (unpaired) electrons. The quantitative estimate of drug-likeness (QED) is 0.438. The van der Waals surface area contributed by atoms with Gasteiger partial charge in [-0.25, -0.2) is 0 Å². The normalized spacial score (nSPS) is 17.8. The van der Waals surface area contributed by atoms with Crippen molar-refractivity contribution in [3.05, 3.63) is 60.0 Å². The minimum Gasteiger partial charge on any atom is -0.497 e. The van der Waals surface area contributed by atoms with Crippen molar-refractivity contribution in [2.45, 2.75) is 76.7 Å². The first-order chi connectivity index (χ1) is 15.3. The van der Waals surface area contributed by atoms with Crippen molar-refractivity contribution < 1.29 is 9.15 Å². The summed E-state index contributed by atoms with van der Waals surface area (Å²) in [6.07, 6.45) is 14.5. The number of nitrogens with zero attached hydrogens (tertiary/aromatic N) is 1. The summed E-state index contributed by atoms with van der Waals surface area (Å²) >= 11 is 0. The first-order valence-corrected chi connectivity index (χ1v) is 12.0. The molecular formula is C28H35NO2. The Bertz CT molecular complexity index is 1010. The van der Waals surface area contributed by atoms with E-state index in [1.54, 1.807) is 7.11 Å². The third-order valence-electron chi connectivity index (χ3n) is 6.41. The molecule has 2 aromatic carbocycles. The smallest absolute Gasteiger partial charge is 0.137 e. The summed E-state index contributed by atoms with van der Waals surface area (Å²) in [6, 6.07) is 18.8. The van der Waals surface area contributed by atoms with Gasteiger partial charge in [-0.1, -0.05) is 88.1 Å². The molecule has 1 aromatic heterocycles. The molecule has 0 spiro atoms. The summed E-state index contributed by atoms with van der Waals surface area (Å²) in [5.41, 5.74) is 1.93. The van der Waals surface area contributed by atoms with Gasteiger partial charge in [0, 0.05) is 17.0 Å². The van der Waals surface area contributed by atoms with Crippen LogP contribution in [0.1, 0.15) is 70.6 Å². The molecule has 31 heavy (non-hydrogen) atoms. The lowest BCUT2D eigenvalue weighted by molar-refractivity contribution is 0.415. The first-order valence-electron chi connectivity index (χ1n) is 12.0. The van der Waals surface area contributed by atoms with Crippen molar-refractivity contribution >= 4 is 11.0 Å². The minimum absolute atomic E-state index is 0.375. The van der Waals surface area contributed by atoms with E-state index in [0.29, 0.717) is 6.04 Å². The monoisotopic (exact) mass is 417 g/mol. The summed E-state index contributed by atoms with van der Waals surface area (Å²) < 4.78 is 11.8. The molecule has 1 aliphatic rings. The average molecular weight is 418 g/mol. The van der Waals surface area contributed by atoms with Gasteiger partial charge in [0.15, 0.2) is 0 Å². The minimum atomic E-state index is 0.375. The zero-order valence-corrected chi connectivity index (χ0v) is 18.8. The van der Waals surface area contributed by atoms with Gasteiger partial charge in [-0.2, -0.15) is 0 Å². The number of ether oxygens (including phenoxy) is 1. The molecule has 1 fully saturated rings. The molecule has 0 N–H and O–H groups in total. The fraction of sp³-hybridized carbons (Fsp3) is 0.464. The van der Waals surface area contributed by atoms with E-state index < -0.39 is 0 Å². The average Bonchev–Trinajstić information content (AvgIpc) is 2.81. The molecule has 3 aromatic rings. The maximum Gasteiger partial charge on any atom is 0.137 e. The van der Waals surface area contributed by atoms with E-state index in [4.69, 9.17) is 14.1 Å². The second kappa shape index (κ2) is 11.2. The van der Waals surface area contributed by atoms with Crippen molar-refractivity contribution in [2.75, 3.05) is 7.11 Å². The molecule has 0 bridgehead atoms. The molecule has 1 aliphatic carbocycles. The Kier molecular flexibility index (Phi) is 7.81. The Labute approximate surface area is 186 Å². The van der Waals surface area contributed by atoms with Crippen molar-refractivity contribution in [3.63, 3.8) is 0 Å². The van der Waals surface area contributed by atoms with E-state index in [2.05, 4.69) is 24.3 Å². The van der Waals surface area contributed by atoms with Crippen LogP contribution in [0.15, 0.2) is 64.0 Å². The van der Waals surface area contributed by atoms with Crippen LogP contribution in [0.2, 0.25) is 0 Å². The predicted molar refractivity (Wildman–Crippen MR) is 128 cm³/mol. The van der Waals surface area contributed by atoms with Gasteiger partial charge in [0.25, 0.3) is 0 Å². The van der Waals surface area contributed by atoms with Gasteiger partial charge in [0.2, 0.25) is 0 Å². The van der Waals surface area contributed by atoms with Gasteiger partial charge in [0.1, 0.15) is 17.1 Å². The van der Waals surface area contributed by atoms with Crippen LogP contribution < -0.4 is 10.1 Å². The highest BCUT2D eigenvalue weighted by Gasteiger charge is 2.11. The van der Waals surface area contributed by atoms with E-state index in [-0.39, 0.29) is 0 Å². The van der Waals surface area contributed by atoms with E-state index in [0.717, 1.165) is 33.4 Å². The first kappa shape index (κ1) is 21.7. The fourth-order valence-electron chi connectivity index (χ4n) is 4.59. The maximum absolute atomic E-state index is 6.27. The van der Waals surface area contributed by atoms with Gasteiger partial charge in [-0.05, 0) is 31.0 Å². The lowest BCUT2D eigenvalue weighted by atomic mass is 9.98. The molecule has 3 nitrogen and oxygen atoms in total. The van der Waals surface area contributed by atoms with E-state index >= 15 is 0 Å². The second-order valence-electron chi connectivity index (χ2n) is 8.77. The van der Waals surface area contributed by atoms with Gasteiger partial charge < -0.3 is 9.15 Å². The molecule has 3 heteroatoms. The van der Waals surface area contributed by atoms with Crippen LogP contribution in [0, 0.1) is 0 Å². The van der Waals surface area contributed by atoms with E-state index in [1.165, 1.54) is 70.6 Å². The van der Waals surface area contributed by atoms with Crippen LogP contribution in [-0.4, -0.2) is 13.2 Å². The fourth-order valence-corrected chi connectivity index (χ4v) is 4.59. The Hall–Kier alpha value is -2.55. The molecule has 164 valence electrons. The van der Waals surface area contributed by atoms with E-state index in [9.17, 15) is 0 Å². The van der Waals surface area contributed by atoms with Gasteiger partial charge >= 0.3 is 0 Å². The highest BCUT2D eigenvalue weighted by molar-refractivity contribution is 5.80. The molecule has 1 saturated carbocycles. The summed E-state index contributed by atoms with van der Waals surface area (Å²) in [4.78, 5) is 5.32. The number of hydrogen-bond acceptors (Lipinski definition) is 3. The Morgan fingerprint density at radius 3 is 2.06 bits per heavy atom. The maximum atomic E-state index is 6.27. The predicted octanol–water partition coefficient (Wildman–Crippen LogP) is 7.68. The van der Waals surface area contributed by atoms with Crippen LogP contribution >= 0.6 is 0 Å². The standard InChI is InChI=1S/C28H35NO2/c1-30-24-18-19-27-25(20-24)26(21-28(31-27)22-14-10-9-11-15-22)29-23-16-12-7-5-3-2-4-6-8-13-17-23/h9-11,14-15,18-21,23H,2-8,12-13,16-17H2,1H3. The molecule has 0 atom stereocenters. The van der Waals surface area contributed by atoms with Crippen molar-refractivity contribution in [1.82, 2.24) is 0 Å².